The first kappa shape index (κ1) is 16.6. The SMILES string of the molecule is Cc1ccc(N[C@H]2CCCN(C(=O)c3c(C)noc3C)C2)cc1C. The number of carbonyl (C=O) groups excluding carboxylic acids is 1. The summed E-state index contributed by atoms with van der Waals surface area (Å²) in [7, 11) is 0. The lowest BCUT2D eigenvalue weighted by molar-refractivity contribution is 0.0712. The van der Waals surface area contributed by atoms with Gasteiger partial charge in [-0.2, -0.15) is 0 Å². The van der Waals surface area contributed by atoms with Crippen LogP contribution in [0, 0.1) is 27.7 Å². The summed E-state index contributed by atoms with van der Waals surface area (Å²) >= 11 is 0. The molecule has 0 bridgehead atoms. The number of aryl methyl sites for hydroxylation is 4. The van der Waals surface area contributed by atoms with Crippen LogP contribution in [0.25, 0.3) is 0 Å². The lowest BCUT2D eigenvalue weighted by Gasteiger charge is -2.33. The maximum absolute atomic E-state index is 12.8. The van der Waals surface area contributed by atoms with E-state index >= 15 is 0 Å². The van der Waals surface area contributed by atoms with Crippen LogP contribution in [0.15, 0.2) is 22.7 Å². The number of nitrogens with zero attached hydrogens (tertiary/aromatic N) is 2. The second-order valence-electron chi connectivity index (χ2n) is 6.73. The van der Waals surface area contributed by atoms with Crippen molar-refractivity contribution in [2.24, 2.45) is 0 Å². The fourth-order valence-corrected chi connectivity index (χ4v) is 3.29. The standard InChI is InChI=1S/C19H25N3O2/c1-12-7-8-16(10-13(12)2)20-17-6-5-9-22(11-17)19(23)18-14(3)21-24-15(18)4/h7-8,10,17,20H,5-6,9,11H2,1-4H3/t17-/m0/s1. The van der Waals surface area contributed by atoms with Gasteiger partial charge in [-0.25, -0.2) is 0 Å². The third-order valence-corrected chi connectivity index (χ3v) is 4.83. The molecule has 5 heteroatoms. The molecule has 1 aliphatic rings. The van der Waals surface area contributed by atoms with E-state index in [1.54, 1.807) is 6.92 Å². The molecular weight excluding hydrogens is 302 g/mol. The van der Waals surface area contributed by atoms with E-state index in [9.17, 15) is 4.79 Å². The highest BCUT2D eigenvalue weighted by Crippen LogP contribution is 2.22. The molecule has 0 spiro atoms. The molecule has 1 aromatic carbocycles. The van der Waals surface area contributed by atoms with Crippen molar-refractivity contribution >= 4 is 11.6 Å². The maximum atomic E-state index is 12.8. The lowest BCUT2D eigenvalue weighted by Crippen LogP contribution is -2.45. The van der Waals surface area contributed by atoms with Gasteiger partial charge in [-0.1, -0.05) is 11.2 Å². The van der Waals surface area contributed by atoms with Crippen LogP contribution in [0.3, 0.4) is 0 Å². The van der Waals surface area contributed by atoms with Crippen LogP contribution in [0.5, 0.6) is 0 Å². The molecule has 3 rings (SSSR count). The van der Waals surface area contributed by atoms with Gasteiger partial charge in [0.15, 0.2) is 0 Å². The van der Waals surface area contributed by atoms with Gasteiger partial charge in [0.25, 0.3) is 5.91 Å². The quantitative estimate of drug-likeness (QED) is 0.935. The molecule has 1 aromatic heterocycles. The molecule has 0 aliphatic carbocycles. The fourth-order valence-electron chi connectivity index (χ4n) is 3.29. The molecule has 2 aromatic rings. The van der Waals surface area contributed by atoms with Gasteiger partial charge >= 0.3 is 0 Å². The van der Waals surface area contributed by atoms with Gasteiger partial charge in [-0.3, -0.25) is 4.79 Å². The molecule has 1 aliphatic heterocycles. The highest BCUT2D eigenvalue weighted by molar-refractivity contribution is 5.96. The second kappa shape index (κ2) is 6.67. The van der Waals surface area contributed by atoms with Crippen LogP contribution >= 0.6 is 0 Å². The number of benzene rings is 1. The summed E-state index contributed by atoms with van der Waals surface area (Å²) in [6, 6.07) is 6.68. The van der Waals surface area contributed by atoms with E-state index < -0.39 is 0 Å². The predicted octanol–water partition coefficient (Wildman–Crippen LogP) is 3.62. The minimum atomic E-state index is 0.0258. The molecular formula is C19H25N3O2. The van der Waals surface area contributed by atoms with Gasteiger partial charge < -0.3 is 14.7 Å². The van der Waals surface area contributed by atoms with Crippen molar-refractivity contribution in [3.8, 4) is 0 Å². The van der Waals surface area contributed by atoms with Gasteiger partial charge in [0, 0.05) is 24.8 Å². The van der Waals surface area contributed by atoms with Crippen molar-refractivity contribution in [3.63, 3.8) is 0 Å². The highest BCUT2D eigenvalue weighted by Gasteiger charge is 2.28. The topological polar surface area (TPSA) is 58.4 Å². The molecule has 0 unspecified atom stereocenters. The number of amides is 1. The third kappa shape index (κ3) is 3.30. The number of rotatable bonds is 3. The van der Waals surface area contributed by atoms with Gasteiger partial charge in [0.2, 0.25) is 0 Å². The zero-order chi connectivity index (χ0) is 17.3. The van der Waals surface area contributed by atoms with Crippen molar-refractivity contribution < 1.29 is 9.32 Å². The van der Waals surface area contributed by atoms with Gasteiger partial charge in [0.1, 0.15) is 11.3 Å². The Bertz CT molecular complexity index is 732. The zero-order valence-corrected chi connectivity index (χ0v) is 14.8. The average Bonchev–Trinajstić information content (AvgIpc) is 2.89. The first-order chi connectivity index (χ1) is 11.5. The summed E-state index contributed by atoms with van der Waals surface area (Å²) < 4.78 is 5.14. The van der Waals surface area contributed by atoms with Crippen LogP contribution < -0.4 is 5.32 Å². The van der Waals surface area contributed by atoms with Crippen molar-refractivity contribution in [1.29, 1.82) is 0 Å². The molecule has 1 fully saturated rings. The first-order valence-electron chi connectivity index (χ1n) is 8.51. The van der Waals surface area contributed by atoms with E-state index in [4.69, 9.17) is 4.52 Å². The van der Waals surface area contributed by atoms with Crippen LogP contribution in [0.2, 0.25) is 0 Å². The summed E-state index contributed by atoms with van der Waals surface area (Å²) in [4.78, 5) is 14.7. The Hall–Kier alpha value is -2.30. The largest absolute Gasteiger partial charge is 0.381 e. The normalized spacial score (nSPS) is 17.8. The van der Waals surface area contributed by atoms with Crippen molar-refractivity contribution in [2.75, 3.05) is 18.4 Å². The van der Waals surface area contributed by atoms with E-state index in [0.29, 0.717) is 23.6 Å². The highest BCUT2D eigenvalue weighted by atomic mass is 16.5. The number of piperidine rings is 1. The molecule has 24 heavy (non-hydrogen) atoms. The Morgan fingerprint density at radius 3 is 2.71 bits per heavy atom. The Morgan fingerprint density at radius 2 is 2.04 bits per heavy atom. The predicted molar refractivity (Wildman–Crippen MR) is 94.4 cm³/mol. The molecule has 0 radical (unpaired) electrons. The summed E-state index contributed by atoms with van der Waals surface area (Å²) in [5.41, 5.74) is 4.97. The van der Waals surface area contributed by atoms with E-state index in [-0.39, 0.29) is 11.9 Å². The Balaban J connectivity index is 1.70. The van der Waals surface area contributed by atoms with E-state index in [0.717, 1.165) is 25.1 Å². The smallest absolute Gasteiger partial charge is 0.259 e. The number of anilines is 1. The van der Waals surface area contributed by atoms with Gasteiger partial charge in [-0.15, -0.1) is 0 Å². The fraction of sp³-hybridized carbons (Fsp3) is 0.474. The van der Waals surface area contributed by atoms with Crippen LogP contribution in [0.1, 0.15) is 45.8 Å². The van der Waals surface area contributed by atoms with Crippen LogP contribution in [-0.4, -0.2) is 35.1 Å². The van der Waals surface area contributed by atoms with E-state index in [2.05, 4.69) is 42.5 Å². The maximum Gasteiger partial charge on any atom is 0.259 e. The minimum Gasteiger partial charge on any atom is -0.381 e. The zero-order valence-electron chi connectivity index (χ0n) is 14.8. The number of aromatic nitrogens is 1. The van der Waals surface area contributed by atoms with E-state index in [1.807, 2.05) is 11.8 Å². The Morgan fingerprint density at radius 1 is 1.25 bits per heavy atom. The Kier molecular flexibility index (Phi) is 4.60. The average molecular weight is 327 g/mol. The van der Waals surface area contributed by atoms with Crippen molar-refractivity contribution in [3.05, 3.63) is 46.3 Å². The molecule has 5 nitrogen and oxygen atoms in total. The number of likely N-dealkylation sites (tertiary alicyclic amines) is 1. The molecule has 2 heterocycles. The van der Waals surface area contributed by atoms with E-state index in [1.165, 1.54) is 11.1 Å². The van der Waals surface area contributed by atoms with Crippen LogP contribution in [-0.2, 0) is 0 Å². The molecule has 1 N–H and O–H groups in total. The number of carbonyl (C=O) groups is 1. The summed E-state index contributed by atoms with van der Waals surface area (Å²) in [5.74, 6) is 0.625. The Labute approximate surface area is 143 Å². The monoisotopic (exact) mass is 327 g/mol. The van der Waals surface area contributed by atoms with Crippen molar-refractivity contribution in [2.45, 2.75) is 46.6 Å². The molecule has 1 saturated heterocycles. The van der Waals surface area contributed by atoms with Crippen LogP contribution in [0.4, 0.5) is 5.69 Å². The molecule has 1 amide bonds. The molecule has 1 atom stereocenters. The number of hydrogen-bond acceptors (Lipinski definition) is 4. The van der Waals surface area contributed by atoms with Gasteiger partial charge in [-0.05, 0) is 63.8 Å². The molecule has 128 valence electrons. The second-order valence-corrected chi connectivity index (χ2v) is 6.73. The lowest BCUT2D eigenvalue weighted by atomic mass is 10.0. The summed E-state index contributed by atoms with van der Waals surface area (Å²) in [5, 5.41) is 7.47. The third-order valence-electron chi connectivity index (χ3n) is 4.83. The van der Waals surface area contributed by atoms with Crippen molar-refractivity contribution in [1.82, 2.24) is 10.1 Å². The number of nitrogens with one attached hydrogen (secondary N) is 1. The summed E-state index contributed by atoms with van der Waals surface area (Å²) in [6.45, 7) is 9.34. The number of hydrogen-bond donors (Lipinski definition) is 1. The summed E-state index contributed by atoms with van der Waals surface area (Å²) in [6.07, 6.45) is 2.07. The minimum absolute atomic E-state index is 0.0258. The molecule has 0 saturated carbocycles. The van der Waals surface area contributed by atoms with Gasteiger partial charge in [0.05, 0.1) is 5.69 Å². The first-order valence-corrected chi connectivity index (χ1v) is 8.51.